The molecular formula is C13H21NO. The van der Waals surface area contributed by atoms with Crippen LogP contribution in [-0.4, -0.2) is 17.8 Å². The van der Waals surface area contributed by atoms with E-state index in [1.54, 1.807) is 0 Å². The number of hydrogen-bond acceptors (Lipinski definition) is 2. The van der Waals surface area contributed by atoms with Crippen LogP contribution in [0.4, 0.5) is 0 Å². The average Bonchev–Trinajstić information content (AvgIpc) is 2.22. The molecule has 0 heterocycles. The van der Waals surface area contributed by atoms with E-state index in [2.05, 4.69) is 37.4 Å². The molecule has 0 bridgehead atoms. The third kappa shape index (κ3) is 3.65. The molecule has 0 aromatic heterocycles. The van der Waals surface area contributed by atoms with Crippen LogP contribution < -0.4 is 5.32 Å². The molecule has 1 unspecified atom stereocenters. The highest BCUT2D eigenvalue weighted by Crippen LogP contribution is 2.12. The summed E-state index contributed by atoms with van der Waals surface area (Å²) in [7, 11) is 0. The van der Waals surface area contributed by atoms with Crippen molar-refractivity contribution in [3.8, 4) is 0 Å². The fourth-order valence-corrected chi connectivity index (χ4v) is 1.64. The Bertz CT molecular complexity index is 289. The van der Waals surface area contributed by atoms with Crippen LogP contribution in [0.2, 0.25) is 0 Å². The van der Waals surface area contributed by atoms with Gasteiger partial charge in [0.15, 0.2) is 0 Å². The van der Waals surface area contributed by atoms with E-state index in [4.69, 9.17) is 0 Å². The molecular weight excluding hydrogens is 186 g/mol. The van der Waals surface area contributed by atoms with Crippen molar-refractivity contribution in [2.75, 3.05) is 6.54 Å². The fourth-order valence-electron chi connectivity index (χ4n) is 1.64. The summed E-state index contributed by atoms with van der Waals surface area (Å²) in [5.74, 6) is 0. The van der Waals surface area contributed by atoms with E-state index >= 15 is 0 Å². The zero-order valence-electron chi connectivity index (χ0n) is 9.88. The molecule has 2 N–H and O–H groups in total. The van der Waals surface area contributed by atoms with Crippen molar-refractivity contribution in [2.45, 2.75) is 39.8 Å². The predicted octanol–water partition coefficient (Wildman–Crippen LogP) is 2.16. The summed E-state index contributed by atoms with van der Waals surface area (Å²) in [6.45, 7) is 7.76. The van der Waals surface area contributed by atoms with E-state index in [0.717, 1.165) is 13.0 Å². The van der Waals surface area contributed by atoms with Gasteiger partial charge < -0.3 is 10.4 Å². The van der Waals surface area contributed by atoms with Crippen molar-refractivity contribution in [3.05, 3.63) is 34.9 Å². The number of aliphatic hydroxyl groups excluding tert-OH is 1. The first-order chi connectivity index (χ1) is 7.15. The molecule has 0 fully saturated rings. The molecule has 1 aromatic rings. The molecule has 0 saturated carbocycles. The van der Waals surface area contributed by atoms with Crippen LogP contribution in [0.1, 0.15) is 30.0 Å². The maximum absolute atomic E-state index is 9.41. The molecule has 0 spiro atoms. The number of aryl methyl sites for hydroxylation is 2. The van der Waals surface area contributed by atoms with Crippen molar-refractivity contribution in [1.29, 1.82) is 0 Å². The Morgan fingerprint density at radius 2 is 1.87 bits per heavy atom. The summed E-state index contributed by atoms with van der Waals surface area (Å²) >= 11 is 0. The second kappa shape index (κ2) is 5.89. The third-order valence-corrected chi connectivity index (χ3v) is 2.80. The van der Waals surface area contributed by atoms with E-state index < -0.39 is 0 Å². The van der Waals surface area contributed by atoms with Gasteiger partial charge in [0.05, 0.1) is 6.10 Å². The first-order valence-electron chi connectivity index (χ1n) is 5.59. The van der Waals surface area contributed by atoms with Gasteiger partial charge in [-0.15, -0.1) is 0 Å². The van der Waals surface area contributed by atoms with E-state index in [9.17, 15) is 5.11 Å². The Morgan fingerprint density at radius 3 is 2.40 bits per heavy atom. The Labute approximate surface area is 92.3 Å². The molecule has 2 nitrogen and oxygen atoms in total. The minimum Gasteiger partial charge on any atom is -0.392 e. The van der Waals surface area contributed by atoms with Crippen LogP contribution in [0.25, 0.3) is 0 Å². The molecule has 0 aliphatic heterocycles. The van der Waals surface area contributed by atoms with Crippen molar-refractivity contribution < 1.29 is 5.11 Å². The van der Waals surface area contributed by atoms with E-state index in [1.165, 1.54) is 16.7 Å². The highest BCUT2D eigenvalue weighted by atomic mass is 16.3. The largest absolute Gasteiger partial charge is 0.392 e. The maximum Gasteiger partial charge on any atom is 0.0662 e. The lowest BCUT2D eigenvalue weighted by Gasteiger charge is -2.13. The molecule has 0 saturated heterocycles. The summed E-state index contributed by atoms with van der Waals surface area (Å²) in [4.78, 5) is 0. The standard InChI is InChI=1S/C13H21NO/c1-4-12(15)8-14-9-13-10(2)6-5-7-11(13)3/h5-7,12,14-15H,4,8-9H2,1-3H3. The molecule has 15 heavy (non-hydrogen) atoms. The van der Waals surface area contributed by atoms with Crippen LogP contribution in [0.3, 0.4) is 0 Å². The highest BCUT2D eigenvalue weighted by Gasteiger charge is 2.03. The van der Waals surface area contributed by atoms with Gasteiger partial charge in [-0.25, -0.2) is 0 Å². The second-order valence-corrected chi connectivity index (χ2v) is 4.06. The Kier molecular flexibility index (Phi) is 4.79. The van der Waals surface area contributed by atoms with Crippen molar-refractivity contribution in [3.63, 3.8) is 0 Å². The van der Waals surface area contributed by atoms with Crippen LogP contribution in [0, 0.1) is 13.8 Å². The Morgan fingerprint density at radius 1 is 1.27 bits per heavy atom. The monoisotopic (exact) mass is 207 g/mol. The van der Waals surface area contributed by atoms with E-state index in [-0.39, 0.29) is 6.10 Å². The number of nitrogens with one attached hydrogen (secondary N) is 1. The zero-order valence-corrected chi connectivity index (χ0v) is 9.88. The molecule has 0 aliphatic carbocycles. The molecule has 0 radical (unpaired) electrons. The predicted molar refractivity (Wildman–Crippen MR) is 63.9 cm³/mol. The molecule has 0 aliphatic rings. The van der Waals surface area contributed by atoms with Gasteiger partial charge in [-0.05, 0) is 37.0 Å². The Hall–Kier alpha value is -0.860. The number of aliphatic hydroxyl groups is 1. The van der Waals surface area contributed by atoms with Gasteiger partial charge in [-0.2, -0.15) is 0 Å². The quantitative estimate of drug-likeness (QED) is 0.775. The smallest absolute Gasteiger partial charge is 0.0662 e. The fraction of sp³-hybridized carbons (Fsp3) is 0.538. The maximum atomic E-state index is 9.41. The lowest BCUT2D eigenvalue weighted by Crippen LogP contribution is -2.26. The number of benzene rings is 1. The van der Waals surface area contributed by atoms with Gasteiger partial charge in [-0.1, -0.05) is 25.1 Å². The third-order valence-electron chi connectivity index (χ3n) is 2.80. The molecule has 0 amide bonds. The topological polar surface area (TPSA) is 32.3 Å². The highest BCUT2D eigenvalue weighted by molar-refractivity contribution is 5.33. The molecule has 84 valence electrons. The summed E-state index contributed by atoms with van der Waals surface area (Å²) in [6, 6.07) is 6.33. The van der Waals surface area contributed by atoms with Gasteiger partial charge in [0.2, 0.25) is 0 Å². The van der Waals surface area contributed by atoms with Gasteiger partial charge in [0.25, 0.3) is 0 Å². The minimum atomic E-state index is -0.227. The summed E-state index contributed by atoms with van der Waals surface area (Å²) in [5.41, 5.74) is 3.97. The van der Waals surface area contributed by atoms with E-state index in [1.807, 2.05) is 6.92 Å². The van der Waals surface area contributed by atoms with Gasteiger partial charge in [-0.3, -0.25) is 0 Å². The average molecular weight is 207 g/mol. The number of hydrogen-bond donors (Lipinski definition) is 2. The minimum absolute atomic E-state index is 0.227. The lowest BCUT2D eigenvalue weighted by atomic mass is 10.0. The molecule has 1 atom stereocenters. The van der Waals surface area contributed by atoms with Crippen molar-refractivity contribution >= 4 is 0 Å². The summed E-state index contributed by atoms with van der Waals surface area (Å²) in [5, 5.41) is 12.7. The Balaban J connectivity index is 2.50. The lowest BCUT2D eigenvalue weighted by molar-refractivity contribution is 0.167. The van der Waals surface area contributed by atoms with Crippen LogP contribution >= 0.6 is 0 Å². The van der Waals surface area contributed by atoms with Gasteiger partial charge in [0.1, 0.15) is 0 Å². The second-order valence-electron chi connectivity index (χ2n) is 4.06. The SMILES string of the molecule is CCC(O)CNCc1c(C)cccc1C. The summed E-state index contributed by atoms with van der Waals surface area (Å²) in [6.07, 6.45) is 0.578. The molecule has 1 rings (SSSR count). The summed E-state index contributed by atoms with van der Waals surface area (Å²) < 4.78 is 0. The van der Waals surface area contributed by atoms with E-state index in [0.29, 0.717) is 6.54 Å². The zero-order chi connectivity index (χ0) is 11.3. The van der Waals surface area contributed by atoms with Crippen molar-refractivity contribution in [2.24, 2.45) is 0 Å². The normalized spacial score (nSPS) is 12.8. The van der Waals surface area contributed by atoms with Gasteiger partial charge >= 0.3 is 0 Å². The van der Waals surface area contributed by atoms with Crippen LogP contribution in [0.15, 0.2) is 18.2 Å². The van der Waals surface area contributed by atoms with Crippen molar-refractivity contribution in [1.82, 2.24) is 5.32 Å². The molecule has 1 aromatic carbocycles. The van der Waals surface area contributed by atoms with Gasteiger partial charge in [0, 0.05) is 13.1 Å². The van der Waals surface area contributed by atoms with Crippen LogP contribution in [0.5, 0.6) is 0 Å². The first-order valence-corrected chi connectivity index (χ1v) is 5.59. The molecule has 2 heteroatoms. The number of rotatable bonds is 5. The first kappa shape index (κ1) is 12.2. The van der Waals surface area contributed by atoms with Crippen LogP contribution in [-0.2, 0) is 6.54 Å².